The van der Waals surface area contributed by atoms with E-state index in [1.807, 2.05) is 42.3 Å². The number of nitrogens with zero attached hydrogens (tertiary/aromatic N) is 1. The summed E-state index contributed by atoms with van der Waals surface area (Å²) >= 11 is 0. The van der Waals surface area contributed by atoms with Crippen LogP contribution in [-0.2, 0) is 11.3 Å². The number of halogens is 2. The fraction of sp³-hybridized carbons (Fsp3) is 0.278. The van der Waals surface area contributed by atoms with Gasteiger partial charge >= 0.3 is 6.61 Å². The van der Waals surface area contributed by atoms with Crippen LogP contribution in [0, 0.1) is 0 Å². The molecule has 0 aromatic heterocycles. The van der Waals surface area contributed by atoms with Gasteiger partial charge in [-0.3, -0.25) is 4.79 Å². The average Bonchev–Trinajstić information content (AvgIpc) is 2.61. The molecule has 1 N–H and O–H groups in total. The molecule has 0 saturated carbocycles. The van der Waals surface area contributed by atoms with Crippen LogP contribution in [0.4, 0.5) is 14.5 Å². The van der Waals surface area contributed by atoms with Crippen LogP contribution in [0.5, 0.6) is 11.5 Å². The lowest BCUT2D eigenvalue weighted by Crippen LogP contribution is -2.34. The van der Waals surface area contributed by atoms with E-state index >= 15 is 0 Å². The Labute approximate surface area is 145 Å². The van der Waals surface area contributed by atoms with Gasteiger partial charge in [0.2, 0.25) is 5.91 Å². The maximum atomic E-state index is 12.3. The summed E-state index contributed by atoms with van der Waals surface area (Å²) < 4.78 is 34.0. The summed E-state index contributed by atoms with van der Waals surface area (Å²) in [6, 6.07) is 14.1. The summed E-state index contributed by atoms with van der Waals surface area (Å²) in [5, 5.41) is 2.79. The Morgan fingerprint density at radius 2 is 1.88 bits per heavy atom. The third-order valence-electron chi connectivity index (χ3n) is 3.51. The van der Waals surface area contributed by atoms with Crippen molar-refractivity contribution in [3.05, 3.63) is 54.1 Å². The van der Waals surface area contributed by atoms with Crippen LogP contribution in [0.1, 0.15) is 5.56 Å². The van der Waals surface area contributed by atoms with E-state index in [0.717, 1.165) is 5.69 Å². The number of hydrogen-bond donors (Lipinski definition) is 1. The second kappa shape index (κ2) is 8.86. The molecule has 0 saturated heterocycles. The van der Waals surface area contributed by atoms with Crippen molar-refractivity contribution in [3.63, 3.8) is 0 Å². The van der Waals surface area contributed by atoms with Crippen molar-refractivity contribution >= 4 is 11.6 Å². The first-order chi connectivity index (χ1) is 12.0. The monoisotopic (exact) mass is 350 g/mol. The molecule has 0 aliphatic carbocycles. The molecule has 0 radical (unpaired) electrons. The number of rotatable bonds is 8. The standard InChI is InChI=1S/C18H20F2N2O3/c1-22(14-6-4-3-5-7-14)12-17(23)21-11-13-8-9-15(25-18(19)20)16(10-13)24-2/h3-10,18H,11-12H2,1-2H3,(H,21,23). The van der Waals surface area contributed by atoms with E-state index in [1.165, 1.54) is 13.2 Å². The van der Waals surface area contributed by atoms with E-state index in [0.29, 0.717) is 5.56 Å². The predicted molar refractivity (Wildman–Crippen MR) is 91.2 cm³/mol. The summed E-state index contributed by atoms with van der Waals surface area (Å²) in [6.07, 6.45) is 0. The van der Waals surface area contributed by atoms with E-state index in [9.17, 15) is 13.6 Å². The van der Waals surface area contributed by atoms with Crippen LogP contribution in [-0.4, -0.2) is 33.2 Å². The number of methoxy groups -OCH3 is 1. The lowest BCUT2D eigenvalue weighted by molar-refractivity contribution is -0.119. The Kier molecular flexibility index (Phi) is 6.56. The number of anilines is 1. The molecular formula is C18H20F2N2O3. The summed E-state index contributed by atoms with van der Waals surface area (Å²) in [6.45, 7) is -2.46. The number of benzene rings is 2. The number of ether oxygens (including phenoxy) is 2. The fourth-order valence-electron chi connectivity index (χ4n) is 2.26. The Hall–Kier alpha value is -2.83. The molecular weight excluding hydrogens is 330 g/mol. The van der Waals surface area contributed by atoms with Crippen molar-refractivity contribution < 1.29 is 23.0 Å². The molecule has 2 rings (SSSR count). The lowest BCUT2D eigenvalue weighted by atomic mass is 10.2. The topological polar surface area (TPSA) is 50.8 Å². The maximum absolute atomic E-state index is 12.3. The first-order valence-electron chi connectivity index (χ1n) is 7.64. The molecule has 7 heteroatoms. The van der Waals surface area contributed by atoms with Gasteiger partial charge < -0.3 is 19.7 Å². The smallest absolute Gasteiger partial charge is 0.387 e. The van der Waals surface area contributed by atoms with Crippen LogP contribution in [0.2, 0.25) is 0 Å². The van der Waals surface area contributed by atoms with Crippen LogP contribution in [0.3, 0.4) is 0 Å². The number of carbonyl (C=O) groups excluding carboxylic acids is 1. The van der Waals surface area contributed by atoms with Gasteiger partial charge in [0.05, 0.1) is 13.7 Å². The molecule has 0 aliphatic rings. The number of likely N-dealkylation sites (N-methyl/N-ethyl adjacent to an activating group) is 1. The van der Waals surface area contributed by atoms with Gasteiger partial charge in [-0.15, -0.1) is 0 Å². The minimum absolute atomic E-state index is 0.0450. The molecule has 2 aromatic carbocycles. The predicted octanol–water partition coefficient (Wildman–Crippen LogP) is 3.05. The number of amides is 1. The van der Waals surface area contributed by atoms with Crippen molar-refractivity contribution in [2.75, 3.05) is 25.6 Å². The van der Waals surface area contributed by atoms with Crippen molar-refractivity contribution in [3.8, 4) is 11.5 Å². The Bertz CT molecular complexity index is 696. The Morgan fingerprint density at radius 3 is 2.52 bits per heavy atom. The zero-order chi connectivity index (χ0) is 18.2. The highest BCUT2D eigenvalue weighted by atomic mass is 19.3. The molecule has 2 aromatic rings. The van der Waals surface area contributed by atoms with Gasteiger partial charge in [-0.25, -0.2) is 0 Å². The largest absolute Gasteiger partial charge is 0.493 e. The number of nitrogens with one attached hydrogen (secondary N) is 1. The van der Waals surface area contributed by atoms with Gasteiger partial charge in [-0.1, -0.05) is 24.3 Å². The third kappa shape index (κ3) is 5.63. The molecule has 0 heterocycles. The second-order valence-electron chi connectivity index (χ2n) is 5.33. The molecule has 0 aliphatic heterocycles. The first-order valence-corrected chi connectivity index (χ1v) is 7.64. The van der Waals surface area contributed by atoms with Gasteiger partial charge in [0.25, 0.3) is 0 Å². The van der Waals surface area contributed by atoms with Crippen LogP contribution in [0.25, 0.3) is 0 Å². The third-order valence-corrected chi connectivity index (χ3v) is 3.51. The van der Waals surface area contributed by atoms with Crippen LogP contribution >= 0.6 is 0 Å². The highest BCUT2D eigenvalue weighted by molar-refractivity contribution is 5.81. The molecule has 0 bridgehead atoms. The summed E-state index contributed by atoms with van der Waals surface area (Å²) in [5.41, 5.74) is 1.65. The minimum Gasteiger partial charge on any atom is -0.493 e. The van der Waals surface area contributed by atoms with E-state index in [-0.39, 0.29) is 30.5 Å². The van der Waals surface area contributed by atoms with Gasteiger partial charge in [-0.05, 0) is 29.8 Å². The quantitative estimate of drug-likeness (QED) is 0.795. The van der Waals surface area contributed by atoms with Crippen molar-refractivity contribution in [2.45, 2.75) is 13.2 Å². The highest BCUT2D eigenvalue weighted by Crippen LogP contribution is 2.29. The minimum atomic E-state index is -2.92. The van der Waals surface area contributed by atoms with Gasteiger partial charge in [-0.2, -0.15) is 8.78 Å². The Balaban J connectivity index is 1.91. The number of alkyl halides is 2. The number of hydrogen-bond acceptors (Lipinski definition) is 4. The normalized spacial score (nSPS) is 10.4. The summed E-state index contributed by atoms with van der Waals surface area (Å²) in [7, 11) is 3.19. The van der Waals surface area contributed by atoms with Gasteiger partial charge in [0.1, 0.15) is 0 Å². The Morgan fingerprint density at radius 1 is 1.16 bits per heavy atom. The molecule has 25 heavy (non-hydrogen) atoms. The van der Waals surface area contributed by atoms with Crippen LogP contribution in [0.15, 0.2) is 48.5 Å². The zero-order valence-corrected chi connectivity index (χ0v) is 14.0. The molecule has 1 amide bonds. The fourth-order valence-corrected chi connectivity index (χ4v) is 2.26. The van der Waals surface area contributed by atoms with Crippen molar-refractivity contribution in [2.24, 2.45) is 0 Å². The lowest BCUT2D eigenvalue weighted by Gasteiger charge is -2.18. The molecule has 0 atom stereocenters. The molecule has 134 valence electrons. The highest BCUT2D eigenvalue weighted by Gasteiger charge is 2.12. The molecule has 0 spiro atoms. The van der Waals surface area contributed by atoms with Crippen LogP contribution < -0.4 is 19.7 Å². The van der Waals surface area contributed by atoms with E-state index < -0.39 is 6.61 Å². The average molecular weight is 350 g/mol. The van der Waals surface area contributed by atoms with Gasteiger partial charge in [0.15, 0.2) is 11.5 Å². The summed E-state index contributed by atoms with van der Waals surface area (Å²) in [4.78, 5) is 13.9. The van der Waals surface area contributed by atoms with E-state index in [1.54, 1.807) is 12.1 Å². The molecule has 0 unspecified atom stereocenters. The van der Waals surface area contributed by atoms with Crippen molar-refractivity contribution in [1.29, 1.82) is 0 Å². The van der Waals surface area contributed by atoms with E-state index in [4.69, 9.17) is 4.74 Å². The van der Waals surface area contributed by atoms with E-state index in [2.05, 4.69) is 10.1 Å². The number of para-hydroxylation sites is 1. The number of carbonyl (C=O) groups is 1. The zero-order valence-electron chi connectivity index (χ0n) is 14.0. The first kappa shape index (κ1) is 18.5. The molecule has 0 fully saturated rings. The SMILES string of the molecule is COc1cc(CNC(=O)CN(C)c2ccccc2)ccc1OC(F)F. The second-order valence-corrected chi connectivity index (χ2v) is 5.33. The summed E-state index contributed by atoms with van der Waals surface area (Å²) in [5.74, 6) is -0.0110. The maximum Gasteiger partial charge on any atom is 0.387 e. The van der Waals surface area contributed by atoms with Crippen molar-refractivity contribution in [1.82, 2.24) is 5.32 Å². The van der Waals surface area contributed by atoms with Gasteiger partial charge in [0, 0.05) is 19.3 Å². The molecule has 5 nitrogen and oxygen atoms in total.